The molecule has 1 aliphatic rings. The van der Waals surface area contributed by atoms with Gasteiger partial charge in [0, 0.05) is 34.6 Å². The SMILES string of the molecule is C=C/C=C(\C(C)=C(/C)NC(=C)c1n[nH]c2cnc(-c3cncc(CCCN4CCCC4)c3)cc12)c1ccccc1F.CC. The van der Waals surface area contributed by atoms with E-state index < -0.39 is 0 Å². The summed E-state index contributed by atoms with van der Waals surface area (Å²) in [4.78, 5) is 11.7. The average Bonchev–Trinajstić information content (AvgIpc) is 3.71. The van der Waals surface area contributed by atoms with Crippen LogP contribution in [-0.2, 0) is 6.42 Å². The quantitative estimate of drug-likeness (QED) is 0.175. The van der Waals surface area contributed by atoms with E-state index in [0.717, 1.165) is 58.4 Å². The van der Waals surface area contributed by atoms with Crippen LogP contribution < -0.4 is 5.32 Å². The number of hydrogen-bond donors (Lipinski definition) is 2. The lowest BCUT2D eigenvalue weighted by Crippen LogP contribution is -2.20. The van der Waals surface area contributed by atoms with E-state index in [1.807, 2.05) is 58.3 Å². The first-order valence-corrected chi connectivity index (χ1v) is 15.2. The number of aromatic nitrogens is 4. The summed E-state index contributed by atoms with van der Waals surface area (Å²) < 4.78 is 14.6. The number of pyridine rings is 2. The van der Waals surface area contributed by atoms with E-state index in [2.05, 4.69) is 49.6 Å². The lowest BCUT2D eigenvalue weighted by Gasteiger charge is -2.16. The topological polar surface area (TPSA) is 69.7 Å². The van der Waals surface area contributed by atoms with Gasteiger partial charge in [0.05, 0.1) is 23.1 Å². The van der Waals surface area contributed by atoms with Crippen LogP contribution >= 0.6 is 0 Å². The Bertz CT molecular complexity index is 1620. The Kier molecular flexibility index (Phi) is 11.2. The van der Waals surface area contributed by atoms with E-state index in [9.17, 15) is 4.39 Å². The lowest BCUT2D eigenvalue weighted by molar-refractivity contribution is 0.334. The molecule has 6 nitrogen and oxygen atoms in total. The second-order valence-corrected chi connectivity index (χ2v) is 10.6. The van der Waals surface area contributed by atoms with Crippen LogP contribution in [0.15, 0.2) is 91.6 Å². The standard InChI is InChI=1S/C34H37FN6.C2H6/c1-5-11-28(29-13-6-7-14-31(29)35)23(2)24(3)38-25(4)34-30-19-32(37-22-33(30)39-40-34)27-18-26(20-36-21-27)12-10-17-41-15-8-9-16-41;1-2/h5-7,11,13-14,18-22,38H,1,4,8-10,12,15-17H2,2-3H3,(H,39,40);1-2H3/b24-23+,28-11+;. The molecule has 0 radical (unpaired) electrons. The van der Waals surface area contributed by atoms with E-state index in [-0.39, 0.29) is 5.82 Å². The summed E-state index contributed by atoms with van der Waals surface area (Å²) in [5.41, 5.74) is 8.17. The van der Waals surface area contributed by atoms with Gasteiger partial charge in [-0.15, -0.1) is 0 Å². The van der Waals surface area contributed by atoms with Gasteiger partial charge in [-0.05, 0) is 94.1 Å². The third-order valence-corrected chi connectivity index (χ3v) is 7.72. The van der Waals surface area contributed by atoms with Gasteiger partial charge in [0.1, 0.15) is 11.5 Å². The van der Waals surface area contributed by atoms with E-state index in [0.29, 0.717) is 17.0 Å². The molecule has 7 heteroatoms. The number of rotatable bonds is 11. The zero-order valence-electron chi connectivity index (χ0n) is 25.9. The van der Waals surface area contributed by atoms with Gasteiger partial charge in [-0.1, -0.05) is 57.4 Å². The maximum Gasteiger partial charge on any atom is 0.131 e. The van der Waals surface area contributed by atoms with Gasteiger partial charge in [-0.2, -0.15) is 5.10 Å². The number of benzene rings is 1. The lowest BCUT2D eigenvalue weighted by atomic mass is 9.96. The molecule has 0 spiro atoms. The summed E-state index contributed by atoms with van der Waals surface area (Å²) in [6.45, 7) is 19.6. The van der Waals surface area contributed by atoms with Gasteiger partial charge < -0.3 is 10.2 Å². The molecule has 0 bridgehead atoms. The van der Waals surface area contributed by atoms with Crippen LogP contribution in [0.2, 0.25) is 0 Å². The summed E-state index contributed by atoms with van der Waals surface area (Å²) in [5.74, 6) is -0.282. The van der Waals surface area contributed by atoms with Gasteiger partial charge in [-0.25, -0.2) is 4.39 Å². The molecule has 4 aromatic rings. The van der Waals surface area contributed by atoms with Gasteiger partial charge in [0.2, 0.25) is 0 Å². The molecule has 3 aromatic heterocycles. The first-order chi connectivity index (χ1) is 20.9. The highest BCUT2D eigenvalue weighted by Crippen LogP contribution is 2.29. The molecule has 1 aliphatic heterocycles. The zero-order valence-corrected chi connectivity index (χ0v) is 25.9. The van der Waals surface area contributed by atoms with Crippen molar-refractivity contribution >= 4 is 22.2 Å². The van der Waals surface area contributed by atoms with Gasteiger partial charge in [-0.3, -0.25) is 15.1 Å². The molecular formula is C36H43FN6. The fraction of sp³-hybridized carbons (Fsp3) is 0.306. The monoisotopic (exact) mass is 578 g/mol. The Balaban J connectivity index is 0.00000207. The van der Waals surface area contributed by atoms with Crippen molar-refractivity contribution in [3.8, 4) is 11.3 Å². The van der Waals surface area contributed by atoms with Crippen LogP contribution in [0.25, 0.3) is 33.4 Å². The molecule has 0 saturated carbocycles. The van der Waals surface area contributed by atoms with Crippen LogP contribution in [0.4, 0.5) is 4.39 Å². The number of H-pyrrole nitrogens is 1. The molecule has 224 valence electrons. The zero-order chi connectivity index (χ0) is 30.8. The van der Waals surface area contributed by atoms with Crippen molar-refractivity contribution in [1.29, 1.82) is 0 Å². The fourth-order valence-corrected chi connectivity index (χ4v) is 5.38. The number of likely N-dealkylation sites (tertiary alicyclic amines) is 1. The Morgan fingerprint density at radius 1 is 1.09 bits per heavy atom. The molecule has 1 aromatic carbocycles. The van der Waals surface area contributed by atoms with Crippen molar-refractivity contribution < 1.29 is 4.39 Å². The minimum atomic E-state index is -0.282. The molecule has 1 saturated heterocycles. The predicted molar refractivity (Wildman–Crippen MR) is 178 cm³/mol. The smallest absolute Gasteiger partial charge is 0.131 e. The summed E-state index contributed by atoms with van der Waals surface area (Å²) in [6, 6.07) is 11.0. The van der Waals surface area contributed by atoms with Gasteiger partial charge in [0.15, 0.2) is 0 Å². The Morgan fingerprint density at radius 2 is 1.86 bits per heavy atom. The molecule has 1 fully saturated rings. The number of nitrogens with zero attached hydrogens (tertiary/aromatic N) is 4. The Morgan fingerprint density at radius 3 is 2.60 bits per heavy atom. The van der Waals surface area contributed by atoms with Crippen LogP contribution in [0.3, 0.4) is 0 Å². The molecule has 0 aliphatic carbocycles. The van der Waals surface area contributed by atoms with Crippen LogP contribution in [0.1, 0.15) is 63.8 Å². The fourth-order valence-electron chi connectivity index (χ4n) is 5.38. The predicted octanol–water partition coefficient (Wildman–Crippen LogP) is 8.34. The number of allylic oxidation sites excluding steroid dienone is 5. The van der Waals surface area contributed by atoms with Crippen molar-refractivity contribution in [3.63, 3.8) is 0 Å². The summed E-state index contributed by atoms with van der Waals surface area (Å²) in [6.07, 6.45) is 13.9. The second-order valence-electron chi connectivity index (χ2n) is 10.6. The number of hydrogen-bond acceptors (Lipinski definition) is 5. The van der Waals surface area contributed by atoms with Crippen molar-refractivity contribution in [3.05, 3.63) is 114 Å². The molecular weight excluding hydrogens is 535 g/mol. The minimum Gasteiger partial charge on any atom is -0.358 e. The van der Waals surface area contributed by atoms with E-state index >= 15 is 0 Å². The number of halogens is 1. The molecule has 0 amide bonds. The third-order valence-electron chi connectivity index (χ3n) is 7.72. The van der Waals surface area contributed by atoms with Crippen molar-refractivity contribution in [1.82, 2.24) is 30.4 Å². The van der Waals surface area contributed by atoms with E-state index in [4.69, 9.17) is 0 Å². The number of fused-ring (bicyclic) bond motifs is 1. The normalized spacial score (nSPS) is 14.2. The summed E-state index contributed by atoms with van der Waals surface area (Å²) >= 11 is 0. The molecule has 2 N–H and O–H groups in total. The Labute approximate surface area is 255 Å². The maximum absolute atomic E-state index is 14.6. The van der Waals surface area contributed by atoms with Gasteiger partial charge >= 0.3 is 0 Å². The average molecular weight is 579 g/mol. The third kappa shape index (κ3) is 7.73. The van der Waals surface area contributed by atoms with Crippen molar-refractivity contribution in [2.45, 2.75) is 53.4 Å². The van der Waals surface area contributed by atoms with Crippen LogP contribution in [0, 0.1) is 5.82 Å². The summed E-state index contributed by atoms with van der Waals surface area (Å²) in [5, 5.41) is 11.9. The highest BCUT2D eigenvalue weighted by molar-refractivity contribution is 5.91. The number of aromatic amines is 1. The molecule has 5 rings (SSSR count). The van der Waals surface area contributed by atoms with Gasteiger partial charge in [0.25, 0.3) is 0 Å². The molecule has 4 heterocycles. The highest BCUT2D eigenvalue weighted by atomic mass is 19.1. The van der Waals surface area contributed by atoms with E-state index in [1.54, 1.807) is 24.4 Å². The van der Waals surface area contributed by atoms with Crippen molar-refractivity contribution in [2.24, 2.45) is 0 Å². The minimum absolute atomic E-state index is 0.282. The second kappa shape index (κ2) is 15.2. The first-order valence-electron chi connectivity index (χ1n) is 15.2. The maximum atomic E-state index is 14.6. The highest BCUT2D eigenvalue weighted by Gasteiger charge is 2.16. The molecule has 0 atom stereocenters. The summed E-state index contributed by atoms with van der Waals surface area (Å²) in [7, 11) is 0. The Hall–Kier alpha value is -4.36. The molecule has 0 unspecified atom stereocenters. The number of nitrogens with one attached hydrogen (secondary N) is 2. The van der Waals surface area contributed by atoms with E-state index in [1.165, 1.54) is 37.6 Å². The molecule has 43 heavy (non-hydrogen) atoms. The first kappa shape index (κ1) is 31.6. The largest absolute Gasteiger partial charge is 0.358 e. The number of aryl methyl sites for hydroxylation is 1. The van der Waals surface area contributed by atoms with Crippen molar-refractivity contribution in [2.75, 3.05) is 19.6 Å². The van der Waals surface area contributed by atoms with Crippen LogP contribution in [-0.4, -0.2) is 44.7 Å². The van der Waals surface area contributed by atoms with Crippen LogP contribution in [0.5, 0.6) is 0 Å².